The summed E-state index contributed by atoms with van der Waals surface area (Å²) >= 11 is 0. The van der Waals surface area contributed by atoms with Gasteiger partial charge < -0.3 is 10.5 Å². The van der Waals surface area contributed by atoms with Crippen molar-refractivity contribution in [2.75, 3.05) is 13.3 Å². The molecule has 0 spiro atoms. The van der Waals surface area contributed by atoms with E-state index in [0.29, 0.717) is 5.56 Å². The summed E-state index contributed by atoms with van der Waals surface area (Å²) < 4.78 is 17.0. The number of nitrogens with zero attached hydrogens (tertiary/aromatic N) is 1. The van der Waals surface area contributed by atoms with Crippen LogP contribution in [-0.2, 0) is 6.54 Å². The lowest BCUT2D eigenvalue weighted by molar-refractivity contribution is -0.385. The summed E-state index contributed by atoms with van der Waals surface area (Å²) in [5.74, 6) is 0.149. The molecule has 88 valence electrons. The van der Waals surface area contributed by atoms with Gasteiger partial charge in [0, 0.05) is 19.0 Å². The van der Waals surface area contributed by atoms with Crippen LogP contribution in [0.4, 0.5) is 10.1 Å². The van der Waals surface area contributed by atoms with E-state index in [9.17, 15) is 14.5 Å². The summed E-state index contributed by atoms with van der Waals surface area (Å²) in [5, 5.41) is 10.7. The molecule has 0 bridgehead atoms. The molecule has 0 amide bonds. The molecular formula is C10H13FN2O3. The SMILES string of the molecule is NCc1ccc(OCCCF)c([N+](=O)[O-])c1. The maximum atomic E-state index is 11.8. The zero-order valence-corrected chi connectivity index (χ0v) is 8.69. The van der Waals surface area contributed by atoms with Crippen LogP contribution >= 0.6 is 0 Å². The van der Waals surface area contributed by atoms with Gasteiger partial charge >= 0.3 is 5.69 Å². The van der Waals surface area contributed by atoms with Crippen molar-refractivity contribution in [3.8, 4) is 5.75 Å². The Labute approximate surface area is 92.2 Å². The predicted octanol–water partition coefficient (Wildman–Crippen LogP) is 1.79. The second-order valence-corrected chi connectivity index (χ2v) is 3.15. The van der Waals surface area contributed by atoms with Gasteiger partial charge in [0.15, 0.2) is 5.75 Å². The highest BCUT2D eigenvalue weighted by molar-refractivity contribution is 5.48. The van der Waals surface area contributed by atoms with Gasteiger partial charge in [0.05, 0.1) is 18.2 Å². The van der Waals surface area contributed by atoms with Gasteiger partial charge in [-0.25, -0.2) is 0 Å². The van der Waals surface area contributed by atoms with Crippen LogP contribution in [0.25, 0.3) is 0 Å². The fraction of sp³-hybridized carbons (Fsp3) is 0.400. The maximum absolute atomic E-state index is 11.8. The van der Waals surface area contributed by atoms with Gasteiger partial charge in [-0.05, 0) is 11.6 Å². The summed E-state index contributed by atoms with van der Waals surface area (Å²) in [5.41, 5.74) is 5.90. The Hall–Kier alpha value is -1.69. The molecule has 6 heteroatoms. The van der Waals surface area contributed by atoms with Gasteiger partial charge in [0.25, 0.3) is 0 Å². The van der Waals surface area contributed by atoms with Crippen molar-refractivity contribution in [3.05, 3.63) is 33.9 Å². The van der Waals surface area contributed by atoms with Crippen LogP contribution in [0.15, 0.2) is 18.2 Å². The molecule has 1 rings (SSSR count). The maximum Gasteiger partial charge on any atom is 0.311 e. The van der Waals surface area contributed by atoms with Gasteiger partial charge in [0.2, 0.25) is 0 Å². The predicted molar refractivity (Wildman–Crippen MR) is 57.1 cm³/mol. The van der Waals surface area contributed by atoms with Crippen LogP contribution in [-0.4, -0.2) is 18.2 Å². The van der Waals surface area contributed by atoms with E-state index in [1.54, 1.807) is 6.07 Å². The lowest BCUT2D eigenvalue weighted by Gasteiger charge is -2.06. The number of halogens is 1. The Balaban J connectivity index is 2.85. The van der Waals surface area contributed by atoms with Crippen LogP contribution in [0.5, 0.6) is 5.75 Å². The summed E-state index contributed by atoms with van der Waals surface area (Å²) in [4.78, 5) is 10.2. The summed E-state index contributed by atoms with van der Waals surface area (Å²) in [6, 6.07) is 4.50. The monoisotopic (exact) mass is 228 g/mol. The Kier molecular flexibility index (Phi) is 4.65. The number of nitro groups is 1. The van der Waals surface area contributed by atoms with Crippen molar-refractivity contribution in [2.24, 2.45) is 5.73 Å². The van der Waals surface area contributed by atoms with Crippen LogP contribution in [0, 0.1) is 10.1 Å². The first-order valence-electron chi connectivity index (χ1n) is 4.85. The Morgan fingerprint density at radius 3 is 2.81 bits per heavy atom. The van der Waals surface area contributed by atoms with E-state index in [2.05, 4.69) is 0 Å². The quantitative estimate of drug-likeness (QED) is 0.457. The molecule has 0 saturated heterocycles. The fourth-order valence-corrected chi connectivity index (χ4v) is 1.19. The highest BCUT2D eigenvalue weighted by atomic mass is 19.1. The van der Waals surface area contributed by atoms with Gasteiger partial charge in [-0.15, -0.1) is 0 Å². The molecule has 0 aliphatic carbocycles. The number of ether oxygens (including phenoxy) is 1. The Bertz CT molecular complexity index is 371. The molecule has 0 aromatic heterocycles. The molecule has 5 nitrogen and oxygen atoms in total. The van der Waals surface area contributed by atoms with Crippen molar-refractivity contribution < 1.29 is 14.1 Å². The zero-order chi connectivity index (χ0) is 12.0. The second-order valence-electron chi connectivity index (χ2n) is 3.15. The molecule has 0 saturated carbocycles. The third-order valence-electron chi connectivity index (χ3n) is 1.99. The van der Waals surface area contributed by atoms with Crippen LogP contribution in [0.3, 0.4) is 0 Å². The first kappa shape index (κ1) is 12.4. The molecule has 0 fully saturated rings. The molecule has 1 aromatic rings. The first-order valence-corrected chi connectivity index (χ1v) is 4.85. The molecule has 0 unspecified atom stereocenters. The zero-order valence-electron chi connectivity index (χ0n) is 8.69. The first-order chi connectivity index (χ1) is 7.69. The average molecular weight is 228 g/mol. The van der Waals surface area contributed by atoms with Crippen molar-refractivity contribution in [1.82, 2.24) is 0 Å². The number of alkyl halides is 1. The van der Waals surface area contributed by atoms with E-state index in [4.69, 9.17) is 10.5 Å². The largest absolute Gasteiger partial charge is 0.487 e. The number of benzene rings is 1. The molecule has 0 heterocycles. The normalized spacial score (nSPS) is 10.1. The molecule has 0 radical (unpaired) electrons. The number of rotatable bonds is 6. The molecule has 0 aliphatic heterocycles. The van der Waals surface area contributed by atoms with E-state index < -0.39 is 11.6 Å². The molecule has 0 atom stereocenters. The fourth-order valence-electron chi connectivity index (χ4n) is 1.19. The molecule has 16 heavy (non-hydrogen) atoms. The highest BCUT2D eigenvalue weighted by Crippen LogP contribution is 2.27. The van der Waals surface area contributed by atoms with E-state index in [1.807, 2.05) is 0 Å². The number of hydrogen-bond donors (Lipinski definition) is 1. The second kappa shape index (κ2) is 6.02. The average Bonchev–Trinajstić information content (AvgIpc) is 2.29. The third-order valence-corrected chi connectivity index (χ3v) is 1.99. The lowest BCUT2D eigenvalue weighted by Crippen LogP contribution is -2.03. The summed E-state index contributed by atoms with van der Waals surface area (Å²) in [6.45, 7) is -0.153. The van der Waals surface area contributed by atoms with Gasteiger partial charge in [-0.3, -0.25) is 14.5 Å². The summed E-state index contributed by atoms with van der Waals surface area (Å²) in [7, 11) is 0. The van der Waals surface area contributed by atoms with Crippen molar-refractivity contribution in [1.29, 1.82) is 0 Å². The minimum absolute atomic E-state index is 0.124. The number of hydrogen-bond acceptors (Lipinski definition) is 4. The highest BCUT2D eigenvalue weighted by Gasteiger charge is 2.15. The van der Waals surface area contributed by atoms with Crippen LogP contribution < -0.4 is 10.5 Å². The van der Waals surface area contributed by atoms with Crippen LogP contribution in [0.1, 0.15) is 12.0 Å². The van der Waals surface area contributed by atoms with E-state index in [-0.39, 0.29) is 31.0 Å². The number of nitro benzene ring substituents is 1. The van der Waals surface area contributed by atoms with E-state index >= 15 is 0 Å². The molecule has 0 aliphatic rings. The van der Waals surface area contributed by atoms with Gasteiger partial charge in [-0.1, -0.05) is 6.07 Å². The van der Waals surface area contributed by atoms with Crippen molar-refractivity contribution in [3.63, 3.8) is 0 Å². The Morgan fingerprint density at radius 1 is 1.50 bits per heavy atom. The Morgan fingerprint density at radius 2 is 2.25 bits per heavy atom. The third kappa shape index (κ3) is 3.16. The molecule has 1 aromatic carbocycles. The number of nitrogens with two attached hydrogens (primary N) is 1. The topological polar surface area (TPSA) is 78.4 Å². The van der Waals surface area contributed by atoms with Gasteiger partial charge in [-0.2, -0.15) is 0 Å². The minimum atomic E-state index is -0.538. The smallest absolute Gasteiger partial charge is 0.311 e. The molecular weight excluding hydrogens is 215 g/mol. The standard InChI is InChI=1S/C10H13FN2O3/c11-4-1-5-16-10-3-2-8(7-12)6-9(10)13(14)15/h2-3,6H,1,4-5,7,12H2. The van der Waals surface area contributed by atoms with E-state index in [0.717, 1.165) is 0 Å². The molecule has 2 N–H and O–H groups in total. The summed E-state index contributed by atoms with van der Waals surface area (Å²) in [6.07, 6.45) is 0.218. The van der Waals surface area contributed by atoms with E-state index in [1.165, 1.54) is 12.1 Å². The van der Waals surface area contributed by atoms with Crippen molar-refractivity contribution >= 4 is 5.69 Å². The lowest BCUT2D eigenvalue weighted by atomic mass is 10.2. The van der Waals surface area contributed by atoms with Crippen molar-refractivity contribution in [2.45, 2.75) is 13.0 Å². The van der Waals surface area contributed by atoms with Gasteiger partial charge in [0.1, 0.15) is 0 Å². The van der Waals surface area contributed by atoms with Crippen LogP contribution in [0.2, 0.25) is 0 Å². The minimum Gasteiger partial charge on any atom is -0.487 e.